The first-order valence-electron chi connectivity index (χ1n) is 5.38. The number of thiophene rings is 1. The van der Waals surface area contributed by atoms with Crippen LogP contribution in [0.15, 0.2) is 51.5 Å². The fraction of sp³-hybridized carbons (Fsp3) is 0.0769. The summed E-state index contributed by atoms with van der Waals surface area (Å²) in [5.74, 6) is 0.942. The summed E-state index contributed by atoms with van der Waals surface area (Å²) < 4.78 is 1.15. The molecule has 18 heavy (non-hydrogen) atoms. The summed E-state index contributed by atoms with van der Waals surface area (Å²) in [6.07, 6.45) is 1.63. The predicted octanol–water partition coefficient (Wildman–Crippen LogP) is 4.75. The number of hydrogen-bond donors (Lipinski definition) is 0. The van der Waals surface area contributed by atoms with E-state index >= 15 is 0 Å². The van der Waals surface area contributed by atoms with E-state index in [1.165, 1.54) is 4.88 Å². The highest BCUT2D eigenvalue weighted by Gasteiger charge is 2.05. The molecule has 0 saturated heterocycles. The van der Waals surface area contributed by atoms with Crippen LogP contribution in [0.25, 0.3) is 10.9 Å². The first-order valence-corrected chi connectivity index (χ1v) is 8.04. The highest BCUT2D eigenvalue weighted by Crippen LogP contribution is 2.30. The van der Waals surface area contributed by atoms with Crippen molar-refractivity contribution in [3.63, 3.8) is 0 Å². The molecule has 0 amide bonds. The van der Waals surface area contributed by atoms with E-state index in [4.69, 9.17) is 0 Å². The number of benzene rings is 1. The molecule has 0 unspecified atom stereocenters. The van der Waals surface area contributed by atoms with Crippen LogP contribution in [-0.2, 0) is 5.75 Å². The van der Waals surface area contributed by atoms with Gasteiger partial charge in [0.25, 0.3) is 0 Å². The topological polar surface area (TPSA) is 25.8 Å². The normalized spacial score (nSPS) is 10.9. The molecule has 0 atom stereocenters. The lowest BCUT2D eigenvalue weighted by Crippen LogP contribution is -1.86. The van der Waals surface area contributed by atoms with E-state index in [1.807, 2.05) is 18.2 Å². The predicted molar refractivity (Wildman–Crippen MR) is 81.1 cm³/mol. The van der Waals surface area contributed by atoms with Gasteiger partial charge in [-0.05, 0) is 28.1 Å². The first-order chi connectivity index (χ1) is 8.83. The zero-order valence-corrected chi connectivity index (χ0v) is 12.6. The van der Waals surface area contributed by atoms with Crippen LogP contribution in [0.3, 0.4) is 0 Å². The minimum atomic E-state index is 0.942. The van der Waals surface area contributed by atoms with Crippen LogP contribution in [0.4, 0.5) is 0 Å². The smallest absolute Gasteiger partial charge is 0.117 e. The van der Waals surface area contributed by atoms with Crippen LogP contribution in [0, 0.1) is 0 Å². The molecule has 2 nitrogen and oxygen atoms in total. The van der Waals surface area contributed by atoms with E-state index in [0.717, 1.165) is 26.2 Å². The fourth-order valence-corrected chi connectivity index (χ4v) is 4.16. The Labute approximate surface area is 122 Å². The van der Waals surface area contributed by atoms with Crippen molar-refractivity contribution < 1.29 is 0 Å². The lowest BCUT2D eigenvalue weighted by molar-refractivity contribution is 1.10. The second kappa shape index (κ2) is 5.38. The Morgan fingerprint density at radius 3 is 2.94 bits per heavy atom. The van der Waals surface area contributed by atoms with Gasteiger partial charge >= 0.3 is 0 Å². The Balaban J connectivity index is 1.86. The SMILES string of the molecule is Brc1csc(CSc2ncnc3ccccc23)c1. The first kappa shape index (κ1) is 12.1. The van der Waals surface area contributed by atoms with Crippen molar-refractivity contribution in [2.45, 2.75) is 10.8 Å². The van der Waals surface area contributed by atoms with Gasteiger partial charge in [0.15, 0.2) is 0 Å². The van der Waals surface area contributed by atoms with Gasteiger partial charge < -0.3 is 0 Å². The monoisotopic (exact) mass is 336 g/mol. The van der Waals surface area contributed by atoms with E-state index in [9.17, 15) is 0 Å². The Morgan fingerprint density at radius 2 is 2.11 bits per heavy atom. The third-order valence-corrected chi connectivity index (χ3v) is 5.41. The lowest BCUT2D eigenvalue weighted by Gasteiger charge is -2.03. The number of halogens is 1. The van der Waals surface area contributed by atoms with Crippen LogP contribution in [0.2, 0.25) is 0 Å². The molecule has 3 aromatic rings. The molecule has 90 valence electrons. The van der Waals surface area contributed by atoms with Gasteiger partial charge in [-0.2, -0.15) is 0 Å². The van der Waals surface area contributed by atoms with Crippen LogP contribution >= 0.6 is 39.0 Å². The number of rotatable bonds is 3. The third kappa shape index (κ3) is 2.58. The summed E-state index contributed by atoms with van der Waals surface area (Å²) >= 11 is 6.99. The number of para-hydroxylation sites is 1. The van der Waals surface area contributed by atoms with E-state index in [1.54, 1.807) is 29.4 Å². The average molecular weight is 337 g/mol. The molecule has 0 fully saturated rings. The van der Waals surface area contributed by atoms with Gasteiger partial charge in [0, 0.05) is 25.9 Å². The van der Waals surface area contributed by atoms with Gasteiger partial charge in [-0.1, -0.05) is 18.2 Å². The van der Waals surface area contributed by atoms with Gasteiger partial charge in [-0.25, -0.2) is 9.97 Å². The zero-order chi connectivity index (χ0) is 12.4. The summed E-state index contributed by atoms with van der Waals surface area (Å²) in [4.78, 5) is 9.99. The van der Waals surface area contributed by atoms with E-state index in [-0.39, 0.29) is 0 Å². The summed E-state index contributed by atoms with van der Waals surface area (Å²) in [6, 6.07) is 10.3. The van der Waals surface area contributed by atoms with Gasteiger partial charge in [-0.3, -0.25) is 0 Å². The van der Waals surface area contributed by atoms with Crippen LogP contribution in [0.1, 0.15) is 4.88 Å². The summed E-state index contributed by atoms with van der Waals surface area (Å²) in [5.41, 5.74) is 1.00. The Morgan fingerprint density at radius 1 is 1.22 bits per heavy atom. The maximum atomic E-state index is 4.37. The Hall–Kier alpha value is -0.910. The largest absolute Gasteiger partial charge is 0.236 e. The van der Waals surface area contributed by atoms with Crippen molar-refractivity contribution in [2.75, 3.05) is 0 Å². The minimum absolute atomic E-state index is 0.942. The van der Waals surface area contributed by atoms with Crippen molar-refractivity contribution in [1.82, 2.24) is 9.97 Å². The molecule has 0 N–H and O–H groups in total. The molecule has 0 aliphatic heterocycles. The van der Waals surface area contributed by atoms with Crippen molar-refractivity contribution in [1.29, 1.82) is 0 Å². The quantitative estimate of drug-likeness (QED) is 0.510. The van der Waals surface area contributed by atoms with Crippen molar-refractivity contribution >= 4 is 49.9 Å². The third-order valence-electron chi connectivity index (χ3n) is 2.48. The summed E-state index contributed by atoms with van der Waals surface area (Å²) in [5, 5.41) is 4.28. The molecule has 0 saturated carbocycles. The highest BCUT2D eigenvalue weighted by molar-refractivity contribution is 9.10. The maximum absolute atomic E-state index is 4.37. The molecule has 2 heterocycles. The number of hydrogen-bond acceptors (Lipinski definition) is 4. The Bertz CT molecular complexity index is 676. The van der Waals surface area contributed by atoms with Crippen molar-refractivity contribution in [3.8, 4) is 0 Å². The molecule has 0 spiro atoms. The standard InChI is InChI=1S/C13H9BrN2S2/c14-9-5-10(17-6-9)7-18-13-11-3-1-2-4-12(11)15-8-16-13/h1-6,8H,7H2. The van der Waals surface area contributed by atoms with Crippen LogP contribution in [-0.4, -0.2) is 9.97 Å². The van der Waals surface area contributed by atoms with Crippen LogP contribution < -0.4 is 0 Å². The lowest BCUT2D eigenvalue weighted by atomic mass is 10.2. The molecular weight excluding hydrogens is 328 g/mol. The van der Waals surface area contributed by atoms with Gasteiger partial charge in [0.1, 0.15) is 11.4 Å². The van der Waals surface area contributed by atoms with Gasteiger partial charge in [-0.15, -0.1) is 23.1 Å². The van der Waals surface area contributed by atoms with Crippen molar-refractivity contribution in [2.24, 2.45) is 0 Å². The Kier molecular flexibility index (Phi) is 3.63. The molecule has 2 aromatic heterocycles. The molecule has 0 aliphatic rings. The fourth-order valence-electron chi connectivity index (χ4n) is 1.66. The van der Waals surface area contributed by atoms with Crippen LogP contribution in [0.5, 0.6) is 0 Å². The van der Waals surface area contributed by atoms with Crippen molar-refractivity contribution in [3.05, 3.63) is 51.4 Å². The number of aromatic nitrogens is 2. The highest BCUT2D eigenvalue weighted by atomic mass is 79.9. The molecule has 3 rings (SSSR count). The minimum Gasteiger partial charge on any atom is -0.236 e. The zero-order valence-electron chi connectivity index (χ0n) is 9.34. The number of fused-ring (bicyclic) bond motifs is 1. The molecule has 5 heteroatoms. The van der Waals surface area contributed by atoms with E-state index in [2.05, 4.69) is 43.4 Å². The average Bonchev–Trinajstić information content (AvgIpc) is 2.82. The van der Waals surface area contributed by atoms with E-state index in [0.29, 0.717) is 0 Å². The number of nitrogens with zero attached hydrogens (tertiary/aromatic N) is 2. The summed E-state index contributed by atoms with van der Waals surface area (Å²) in [6.45, 7) is 0. The van der Waals surface area contributed by atoms with Gasteiger partial charge in [0.05, 0.1) is 5.52 Å². The maximum Gasteiger partial charge on any atom is 0.117 e. The molecule has 0 aliphatic carbocycles. The van der Waals surface area contributed by atoms with E-state index < -0.39 is 0 Å². The second-order valence-electron chi connectivity index (χ2n) is 3.72. The number of thioether (sulfide) groups is 1. The second-order valence-corrected chi connectivity index (χ2v) is 6.59. The summed E-state index contributed by atoms with van der Waals surface area (Å²) in [7, 11) is 0. The molecule has 0 bridgehead atoms. The molecule has 0 radical (unpaired) electrons. The molecule has 1 aromatic carbocycles. The molecular formula is C13H9BrN2S2. The van der Waals surface area contributed by atoms with Gasteiger partial charge in [0.2, 0.25) is 0 Å².